The van der Waals surface area contributed by atoms with E-state index in [0.717, 1.165) is 18.9 Å². The molecule has 0 aromatic heterocycles. The number of halogens is 2. The predicted octanol–water partition coefficient (Wildman–Crippen LogP) is 2.40. The van der Waals surface area contributed by atoms with Crippen LogP contribution in [0.25, 0.3) is 0 Å². The van der Waals surface area contributed by atoms with Crippen molar-refractivity contribution in [2.45, 2.75) is 18.9 Å². The highest BCUT2D eigenvalue weighted by Crippen LogP contribution is 2.33. The molecule has 1 atom stereocenters. The van der Waals surface area contributed by atoms with Gasteiger partial charge >= 0.3 is 0 Å². The lowest BCUT2D eigenvalue weighted by Gasteiger charge is -2.10. The summed E-state index contributed by atoms with van der Waals surface area (Å²) in [5.41, 5.74) is 5.93. The van der Waals surface area contributed by atoms with Crippen LogP contribution in [0.4, 0.5) is 4.39 Å². The van der Waals surface area contributed by atoms with Crippen LogP contribution in [0, 0.1) is 11.7 Å². The molecule has 0 radical (unpaired) electrons. The number of hydrogen-bond acceptors (Lipinski definition) is 2. The molecule has 1 saturated carbocycles. The molecule has 1 unspecified atom stereocenters. The molecule has 1 aromatic rings. The van der Waals surface area contributed by atoms with Crippen LogP contribution in [0.15, 0.2) is 18.2 Å². The summed E-state index contributed by atoms with van der Waals surface area (Å²) in [6.45, 7) is 0. The summed E-state index contributed by atoms with van der Waals surface area (Å²) < 4.78 is 12.9. The summed E-state index contributed by atoms with van der Waals surface area (Å²) in [4.78, 5) is 11.8. The maximum Gasteiger partial charge on any atom is 0.181 e. The molecular formula is C11H11ClFNO. The fourth-order valence-electron chi connectivity index (χ4n) is 1.54. The zero-order valence-electron chi connectivity index (χ0n) is 8.04. The molecule has 0 bridgehead atoms. The van der Waals surface area contributed by atoms with Crippen molar-refractivity contribution in [3.05, 3.63) is 34.6 Å². The minimum absolute atomic E-state index is 0.191. The smallest absolute Gasteiger partial charge is 0.181 e. The molecule has 1 aliphatic rings. The van der Waals surface area contributed by atoms with E-state index < -0.39 is 11.9 Å². The monoisotopic (exact) mass is 227 g/mol. The van der Waals surface area contributed by atoms with Crippen LogP contribution in [-0.2, 0) is 0 Å². The van der Waals surface area contributed by atoms with E-state index in [4.69, 9.17) is 17.3 Å². The molecule has 0 saturated heterocycles. The van der Waals surface area contributed by atoms with Crippen molar-refractivity contribution in [1.29, 1.82) is 0 Å². The summed E-state index contributed by atoms with van der Waals surface area (Å²) in [5, 5.41) is 0.262. The van der Waals surface area contributed by atoms with Gasteiger partial charge in [0.1, 0.15) is 5.82 Å². The van der Waals surface area contributed by atoms with E-state index in [2.05, 4.69) is 0 Å². The first-order valence-electron chi connectivity index (χ1n) is 4.84. The Morgan fingerprint density at radius 3 is 2.80 bits per heavy atom. The van der Waals surface area contributed by atoms with E-state index in [9.17, 15) is 9.18 Å². The van der Waals surface area contributed by atoms with Crippen LogP contribution in [0.2, 0.25) is 5.02 Å². The molecule has 80 valence electrons. The Kier molecular flexibility index (Phi) is 2.76. The van der Waals surface area contributed by atoms with Gasteiger partial charge in [0.05, 0.1) is 11.1 Å². The summed E-state index contributed by atoms with van der Waals surface area (Å²) in [6.07, 6.45) is 1.94. The highest BCUT2D eigenvalue weighted by molar-refractivity contribution is 6.34. The molecule has 1 aliphatic carbocycles. The van der Waals surface area contributed by atoms with E-state index in [1.807, 2.05) is 0 Å². The first kappa shape index (κ1) is 10.6. The van der Waals surface area contributed by atoms with Gasteiger partial charge in [-0.1, -0.05) is 11.6 Å². The second-order valence-corrected chi connectivity index (χ2v) is 4.26. The normalized spacial score (nSPS) is 17.5. The number of hydrogen-bond donors (Lipinski definition) is 1. The topological polar surface area (TPSA) is 43.1 Å². The average Bonchev–Trinajstić information content (AvgIpc) is 3.03. The first-order valence-corrected chi connectivity index (χ1v) is 5.22. The molecule has 4 heteroatoms. The molecule has 1 aromatic carbocycles. The molecule has 2 nitrogen and oxygen atoms in total. The van der Waals surface area contributed by atoms with Crippen LogP contribution in [0.1, 0.15) is 23.2 Å². The van der Waals surface area contributed by atoms with Crippen molar-refractivity contribution >= 4 is 17.4 Å². The van der Waals surface area contributed by atoms with Crippen molar-refractivity contribution in [2.75, 3.05) is 0 Å². The summed E-state index contributed by atoms with van der Waals surface area (Å²) in [7, 11) is 0. The lowest BCUT2D eigenvalue weighted by Crippen LogP contribution is -2.32. The number of ketones is 1. The van der Waals surface area contributed by atoms with Gasteiger partial charge in [0, 0.05) is 5.56 Å². The second-order valence-electron chi connectivity index (χ2n) is 3.85. The lowest BCUT2D eigenvalue weighted by atomic mass is 10.0. The zero-order valence-corrected chi connectivity index (χ0v) is 8.80. The third-order valence-corrected chi connectivity index (χ3v) is 2.96. The minimum atomic E-state index is -0.538. The van der Waals surface area contributed by atoms with E-state index in [-0.39, 0.29) is 22.3 Å². The first-order chi connectivity index (χ1) is 7.09. The number of nitrogens with two attached hydrogens (primary N) is 1. The van der Waals surface area contributed by atoms with Gasteiger partial charge in [-0.25, -0.2) is 4.39 Å². The SMILES string of the molecule is NC(C(=O)c1cc(F)ccc1Cl)C1CC1. The van der Waals surface area contributed by atoms with Gasteiger partial charge < -0.3 is 5.73 Å². The largest absolute Gasteiger partial charge is 0.321 e. The number of carbonyl (C=O) groups is 1. The van der Waals surface area contributed by atoms with Gasteiger partial charge in [-0.2, -0.15) is 0 Å². The molecule has 2 rings (SSSR count). The minimum Gasteiger partial charge on any atom is -0.321 e. The van der Waals surface area contributed by atoms with Gasteiger partial charge in [-0.05, 0) is 37.0 Å². The molecule has 1 fully saturated rings. The maximum absolute atomic E-state index is 12.9. The Morgan fingerprint density at radius 2 is 2.20 bits per heavy atom. The Labute approximate surface area is 92.2 Å². The fraction of sp³-hybridized carbons (Fsp3) is 0.364. The summed E-state index contributed by atoms with van der Waals surface area (Å²) in [5.74, 6) is -0.482. The number of Topliss-reactive ketones (excluding diaryl/α,β-unsaturated/α-hetero) is 1. The summed E-state index contributed by atoms with van der Waals surface area (Å²) >= 11 is 5.82. The van der Waals surface area contributed by atoms with Crippen molar-refractivity contribution in [3.8, 4) is 0 Å². The predicted molar refractivity (Wildman–Crippen MR) is 56.4 cm³/mol. The average molecular weight is 228 g/mol. The number of carbonyl (C=O) groups excluding carboxylic acids is 1. The standard InChI is InChI=1S/C11H11ClFNO/c12-9-4-3-7(13)5-8(9)11(15)10(14)6-1-2-6/h3-6,10H,1-2,14H2. The number of benzene rings is 1. The summed E-state index contributed by atoms with van der Waals surface area (Å²) in [6, 6.07) is 3.21. The van der Waals surface area contributed by atoms with Crippen molar-refractivity contribution in [3.63, 3.8) is 0 Å². The van der Waals surface area contributed by atoms with Crippen LogP contribution in [-0.4, -0.2) is 11.8 Å². The third-order valence-electron chi connectivity index (χ3n) is 2.63. The van der Waals surface area contributed by atoms with Crippen LogP contribution in [0.5, 0.6) is 0 Å². The highest BCUT2D eigenvalue weighted by atomic mass is 35.5. The van der Waals surface area contributed by atoms with Gasteiger partial charge in [0.2, 0.25) is 0 Å². The van der Waals surface area contributed by atoms with Gasteiger partial charge in [0.15, 0.2) is 5.78 Å². The Morgan fingerprint density at radius 1 is 1.53 bits per heavy atom. The van der Waals surface area contributed by atoms with Crippen molar-refractivity contribution in [2.24, 2.45) is 11.7 Å². The van der Waals surface area contributed by atoms with Gasteiger partial charge in [-0.3, -0.25) is 4.79 Å². The molecule has 0 heterocycles. The van der Waals surface area contributed by atoms with Crippen molar-refractivity contribution < 1.29 is 9.18 Å². The third kappa shape index (κ3) is 2.19. The molecule has 0 spiro atoms. The Hall–Kier alpha value is -0.930. The maximum atomic E-state index is 12.9. The van der Waals surface area contributed by atoms with Gasteiger partial charge in [-0.15, -0.1) is 0 Å². The highest BCUT2D eigenvalue weighted by Gasteiger charge is 2.34. The number of rotatable bonds is 3. The van der Waals surface area contributed by atoms with Gasteiger partial charge in [0.25, 0.3) is 0 Å². The van der Waals surface area contributed by atoms with E-state index in [0.29, 0.717) is 0 Å². The van der Waals surface area contributed by atoms with Crippen LogP contribution in [0.3, 0.4) is 0 Å². The molecular weight excluding hydrogens is 217 g/mol. The van der Waals surface area contributed by atoms with E-state index in [1.165, 1.54) is 12.1 Å². The molecule has 0 aliphatic heterocycles. The fourth-order valence-corrected chi connectivity index (χ4v) is 1.75. The quantitative estimate of drug-likeness (QED) is 0.806. The van der Waals surface area contributed by atoms with Crippen LogP contribution < -0.4 is 5.73 Å². The van der Waals surface area contributed by atoms with E-state index in [1.54, 1.807) is 0 Å². The molecule has 2 N–H and O–H groups in total. The van der Waals surface area contributed by atoms with Crippen molar-refractivity contribution in [1.82, 2.24) is 0 Å². The molecule has 0 amide bonds. The van der Waals surface area contributed by atoms with Crippen LogP contribution >= 0.6 is 11.6 Å². The Balaban J connectivity index is 2.27. The van der Waals surface area contributed by atoms with E-state index >= 15 is 0 Å². The lowest BCUT2D eigenvalue weighted by molar-refractivity contribution is 0.0951. The second kappa shape index (κ2) is 3.91. The zero-order chi connectivity index (χ0) is 11.0. The Bertz CT molecular complexity index is 404. The molecule has 15 heavy (non-hydrogen) atoms.